The lowest BCUT2D eigenvalue weighted by Crippen LogP contribution is -2.44. The average molecular weight is 360 g/mol. The van der Waals surface area contributed by atoms with E-state index in [4.69, 9.17) is 9.26 Å². The third-order valence-electron chi connectivity index (χ3n) is 3.86. The Balaban J connectivity index is 1.84. The van der Waals surface area contributed by atoms with Gasteiger partial charge in [-0.1, -0.05) is 5.16 Å². The van der Waals surface area contributed by atoms with Crippen LogP contribution in [0.1, 0.15) is 11.5 Å². The summed E-state index contributed by atoms with van der Waals surface area (Å²) in [6, 6.07) is 0. The first-order valence-electron chi connectivity index (χ1n) is 7.78. The van der Waals surface area contributed by atoms with Crippen molar-refractivity contribution < 1.29 is 22.5 Å². The number of rotatable bonds is 7. The minimum absolute atomic E-state index is 0.0196. The first-order chi connectivity index (χ1) is 11.3. The Morgan fingerprint density at radius 3 is 2.58 bits per heavy atom. The predicted molar refractivity (Wildman–Crippen MR) is 86.1 cm³/mol. The summed E-state index contributed by atoms with van der Waals surface area (Å²) in [6.07, 6.45) is 0. The molecule has 1 aromatic heterocycles. The van der Waals surface area contributed by atoms with Gasteiger partial charge in [0, 0.05) is 33.2 Å². The minimum Gasteiger partial charge on any atom is -0.379 e. The van der Waals surface area contributed by atoms with E-state index < -0.39 is 10.0 Å². The Hall–Kier alpha value is -1.49. The van der Waals surface area contributed by atoms with Gasteiger partial charge in [-0.2, -0.15) is 4.31 Å². The van der Waals surface area contributed by atoms with Crippen LogP contribution in [0, 0.1) is 13.8 Å². The molecule has 0 radical (unpaired) electrons. The molecule has 10 heteroatoms. The summed E-state index contributed by atoms with van der Waals surface area (Å²) in [5.41, 5.74) is 0.284. The number of carbonyl (C=O) groups excluding carboxylic acids is 1. The predicted octanol–water partition coefficient (Wildman–Crippen LogP) is -0.640. The zero-order valence-corrected chi connectivity index (χ0v) is 15.1. The van der Waals surface area contributed by atoms with Crippen LogP contribution in [-0.2, 0) is 19.6 Å². The normalized spacial score (nSPS) is 16.5. The summed E-state index contributed by atoms with van der Waals surface area (Å²) >= 11 is 0. The Morgan fingerprint density at radius 2 is 2.00 bits per heavy atom. The van der Waals surface area contributed by atoms with Crippen LogP contribution in [0.15, 0.2) is 9.42 Å². The molecule has 0 bridgehead atoms. The maximum atomic E-state index is 12.5. The topological polar surface area (TPSA) is 105 Å². The zero-order valence-electron chi connectivity index (χ0n) is 14.2. The molecular weight excluding hydrogens is 336 g/mol. The summed E-state index contributed by atoms with van der Waals surface area (Å²) in [7, 11) is -2.44. The highest BCUT2D eigenvalue weighted by atomic mass is 32.2. The molecule has 2 heterocycles. The second kappa shape index (κ2) is 8.06. The van der Waals surface area contributed by atoms with Crippen molar-refractivity contribution in [3.63, 3.8) is 0 Å². The number of hydrogen-bond donors (Lipinski definition) is 1. The van der Waals surface area contributed by atoms with Crippen LogP contribution in [0.4, 0.5) is 0 Å². The molecular formula is C14H24N4O5S. The van der Waals surface area contributed by atoms with Gasteiger partial charge in [0.15, 0.2) is 5.76 Å². The number of sulfonamides is 1. The van der Waals surface area contributed by atoms with Gasteiger partial charge in [-0.25, -0.2) is 8.42 Å². The van der Waals surface area contributed by atoms with Crippen molar-refractivity contribution in [3.05, 3.63) is 11.5 Å². The van der Waals surface area contributed by atoms with E-state index in [2.05, 4.69) is 15.4 Å². The van der Waals surface area contributed by atoms with Crippen molar-refractivity contribution in [1.29, 1.82) is 0 Å². The Bertz CT molecular complexity index is 647. The van der Waals surface area contributed by atoms with Crippen LogP contribution in [0.25, 0.3) is 0 Å². The summed E-state index contributed by atoms with van der Waals surface area (Å²) in [6.45, 7) is 7.11. The molecule has 0 aliphatic carbocycles. The SMILES string of the molecule is Cc1noc(C)c1S(=O)(=O)N(C)CC(=O)NCCN1CCOCC1. The van der Waals surface area contributed by atoms with Gasteiger partial charge in [-0.05, 0) is 13.8 Å². The third kappa shape index (κ3) is 4.53. The van der Waals surface area contributed by atoms with Gasteiger partial charge >= 0.3 is 0 Å². The summed E-state index contributed by atoms with van der Waals surface area (Å²) < 4.78 is 36.2. The van der Waals surface area contributed by atoms with E-state index in [1.54, 1.807) is 6.92 Å². The zero-order chi connectivity index (χ0) is 17.7. The lowest BCUT2D eigenvalue weighted by molar-refractivity contribution is -0.121. The first-order valence-corrected chi connectivity index (χ1v) is 9.22. The van der Waals surface area contributed by atoms with Gasteiger partial charge in [0.25, 0.3) is 0 Å². The Labute approximate surface area is 142 Å². The molecule has 0 saturated carbocycles. The van der Waals surface area contributed by atoms with Gasteiger partial charge in [-0.3, -0.25) is 9.69 Å². The fourth-order valence-electron chi connectivity index (χ4n) is 2.52. The highest BCUT2D eigenvalue weighted by Gasteiger charge is 2.29. The number of hydrogen-bond acceptors (Lipinski definition) is 7. The smallest absolute Gasteiger partial charge is 0.248 e. The highest BCUT2D eigenvalue weighted by molar-refractivity contribution is 7.89. The molecule has 9 nitrogen and oxygen atoms in total. The second-order valence-corrected chi connectivity index (χ2v) is 7.70. The van der Waals surface area contributed by atoms with E-state index in [0.717, 1.165) is 23.9 Å². The minimum atomic E-state index is -3.81. The molecule has 1 aliphatic heterocycles. The molecule has 0 aromatic carbocycles. The van der Waals surface area contributed by atoms with E-state index in [9.17, 15) is 13.2 Å². The van der Waals surface area contributed by atoms with E-state index in [1.165, 1.54) is 14.0 Å². The first kappa shape index (κ1) is 18.8. The number of nitrogens with zero attached hydrogens (tertiary/aromatic N) is 3. The van der Waals surface area contributed by atoms with Crippen LogP contribution in [0.5, 0.6) is 0 Å². The largest absolute Gasteiger partial charge is 0.379 e. The molecule has 1 amide bonds. The number of ether oxygens (including phenoxy) is 1. The van der Waals surface area contributed by atoms with Crippen molar-refractivity contribution in [3.8, 4) is 0 Å². The van der Waals surface area contributed by atoms with Crippen molar-refractivity contribution in [2.75, 3.05) is 53.0 Å². The Kier molecular flexibility index (Phi) is 6.33. The molecule has 1 aromatic rings. The molecule has 24 heavy (non-hydrogen) atoms. The van der Waals surface area contributed by atoms with E-state index >= 15 is 0 Å². The van der Waals surface area contributed by atoms with Gasteiger partial charge < -0.3 is 14.6 Å². The van der Waals surface area contributed by atoms with Crippen LogP contribution >= 0.6 is 0 Å². The van der Waals surface area contributed by atoms with Crippen LogP contribution < -0.4 is 5.32 Å². The molecule has 1 fully saturated rings. The molecule has 1 N–H and O–H groups in total. The lowest BCUT2D eigenvalue weighted by atomic mass is 10.4. The van der Waals surface area contributed by atoms with Gasteiger partial charge in [0.05, 0.1) is 19.8 Å². The molecule has 0 atom stereocenters. The fraction of sp³-hybridized carbons (Fsp3) is 0.714. The molecule has 2 rings (SSSR count). The number of carbonyl (C=O) groups is 1. The van der Waals surface area contributed by atoms with Crippen molar-refractivity contribution in [1.82, 2.24) is 19.7 Å². The third-order valence-corrected chi connectivity index (χ3v) is 5.90. The van der Waals surface area contributed by atoms with Crippen molar-refractivity contribution in [2.45, 2.75) is 18.7 Å². The number of likely N-dealkylation sites (N-methyl/N-ethyl adjacent to an activating group) is 1. The number of nitrogens with one attached hydrogen (secondary N) is 1. The quantitative estimate of drug-likeness (QED) is 0.689. The van der Waals surface area contributed by atoms with E-state index in [1.807, 2.05) is 0 Å². The number of morpholine rings is 1. The van der Waals surface area contributed by atoms with Crippen LogP contribution in [0.3, 0.4) is 0 Å². The number of amides is 1. The van der Waals surface area contributed by atoms with Crippen molar-refractivity contribution >= 4 is 15.9 Å². The molecule has 1 aliphatic rings. The molecule has 0 unspecified atom stereocenters. The van der Waals surface area contributed by atoms with E-state index in [0.29, 0.717) is 19.8 Å². The standard InChI is InChI=1S/C14H24N4O5S/c1-11-14(12(2)23-16-11)24(20,21)17(3)10-13(19)15-4-5-18-6-8-22-9-7-18/h4-10H2,1-3H3,(H,15,19). The number of aryl methyl sites for hydroxylation is 2. The fourth-order valence-corrected chi connectivity index (χ4v) is 3.93. The van der Waals surface area contributed by atoms with Gasteiger partial charge in [-0.15, -0.1) is 0 Å². The van der Waals surface area contributed by atoms with Gasteiger partial charge in [0.1, 0.15) is 10.6 Å². The second-order valence-electron chi connectivity index (χ2n) is 5.72. The summed E-state index contributed by atoms with van der Waals surface area (Å²) in [5, 5.41) is 6.39. The summed E-state index contributed by atoms with van der Waals surface area (Å²) in [5.74, 6) is -0.131. The monoisotopic (exact) mass is 360 g/mol. The lowest BCUT2D eigenvalue weighted by Gasteiger charge is -2.26. The average Bonchev–Trinajstić information content (AvgIpc) is 2.87. The Morgan fingerprint density at radius 1 is 1.33 bits per heavy atom. The van der Waals surface area contributed by atoms with Crippen LogP contribution in [0.2, 0.25) is 0 Å². The van der Waals surface area contributed by atoms with Gasteiger partial charge in [0.2, 0.25) is 15.9 Å². The maximum Gasteiger partial charge on any atom is 0.248 e. The van der Waals surface area contributed by atoms with E-state index in [-0.39, 0.29) is 28.8 Å². The maximum absolute atomic E-state index is 12.5. The molecule has 136 valence electrons. The highest BCUT2D eigenvalue weighted by Crippen LogP contribution is 2.21. The molecule has 1 saturated heterocycles. The molecule has 0 spiro atoms. The number of aromatic nitrogens is 1. The summed E-state index contributed by atoms with van der Waals surface area (Å²) in [4.78, 5) is 14.2. The van der Waals surface area contributed by atoms with Crippen LogP contribution in [-0.4, -0.2) is 81.7 Å². The van der Waals surface area contributed by atoms with Crippen molar-refractivity contribution in [2.24, 2.45) is 0 Å².